The molecule has 0 bridgehead atoms. The van der Waals surface area contributed by atoms with Gasteiger partial charge in [-0.1, -0.05) is 19.1 Å². The van der Waals surface area contributed by atoms with E-state index >= 15 is 0 Å². The Balaban J connectivity index is 3.27. The van der Waals surface area contributed by atoms with Crippen molar-refractivity contribution < 1.29 is 14.4 Å². The van der Waals surface area contributed by atoms with Crippen molar-refractivity contribution in [3.8, 4) is 0 Å². The molecule has 1 rings (SSSR count). The van der Waals surface area contributed by atoms with E-state index in [9.17, 15) is 14.4 Å². The summed E-state index contributed by atoms with van der Waals surface area (Å²) in [5, 5.41) is 0. The summed E-state index contributed by atoms with van der Waals surface area (Å²) in [6, 6.07) is 4.67. The molecule has 0 amide bonds. The van der Waals surface area contributed by atoms with Crippen LogP contribution in [0.25, 0.3) is 0 Å². The number of hydrogen-bond donors (Lipinski definition) is 0. The SMILES string of the molecule is CC(C=O)c1cc(C=O)ccc1C=O. The molecule has 0 spiro atoms. The number of hydrogen-bond acceptors (Lipinski definition) is 3. The lowest BCUT2D eigenvalue weighted by molar-refractivity contribution is -0.108. The molecule has 0 aliphatic heterocycles. The van der Waals surface area contributed by atoms with Crippen LogP contribution in [-0.4, -0.2) is 18.9 Å². The fraction of sp³-hybridized carbons (Fsp3) is 0.182. The molecule has 0 N–H and O–H groups in total. The molecule has 0 aromatic heterocycles. The van der Waals surface area contributed by atoms with E-state index < -0.39 is 0 Å². The minimum Gasteiger partial charge on any atom is -0.303 e. The van der Waals surface area contributed by atoms with Crippen LogP contribution >= 0.6 is 0 Å². The Bertz CT molecular complexity index is 369. The van der Waals surface area contributed by atoms with Crippen molar-refractivity contribution in [2.75, 3.05) is 0 Å². The second kappa shape index (κ2) is 4.46. The van der Waals surface area contributed by atoms with E-state index in [0.29, 0.717) is 29.3 Å². The molecule has 3 heteroatoms. The Hall–Kier alpha value is -1.77. The zero-order valence-electron chi connectivity index (χ0n) is 7.77. The van der Waals surface area contributed by atoms with Gasteiger partial charge in [0.25, 0.3) is 0 Å². The summed E-state index contributed by atoms with van der Waals surface area (Å²) in [7, 11) is 0. The minimum absolute atomic E-state index is 0.366. The second-order valence-corrected chi connectivity index (χ2v) is 3.05. The third kappa shape index (κ3) is 1.93. The van der Waals surface area contributed by atoms with E-state index in [4.69, 9.17) is 0 Å². The molecular weight excluding hydrogens is 180 g/mol. The van der Waals surface area contributed by atoms with Gasteiger partial charge in [-0.2, -0.15) is 0 Å². The van der Waals surface area contributed by atoms with Crippen molar-refractivity contribution in [3.05, 3.63) is 34.9 Å². The lowest BCUT2D eigenvalue weighted by Gasteiger charge is -2.07. The molecule has 0 saturated heterocycles. The summed E-state index contributed by atoms with van der Waals surface area (Å²) in [4.78, 5) is 31.7. The van der Waals surface area contributed by atoms with Gasteiger partial charge in [-0.25, -0.2) is 0 Å². The monoisotopic (exact) mass is 190 g/mol. The van der Waals surface area contributed by atoms with Gasteiger partial charge in [-0.05, 0) is 11.6 Å². The number of rotatable bonds is 4. The third-order valence-corrected chi connectivity index (χ3v) is 2.07. The van der Waals surface area contributed by atoms with E-state index in [-0.39, 0.29) is 5.92 Å². The molecule has 14 heavy (non-hydrogen) atoms. The van der Waals surface area contributed by atoms with Crippen LogP contribution in [0.15, 0.2) is 18.2 Å². The maximum atomic E-state index is 10.6. The first-order chi connectivity index (χ1) is 6.72. The van der Waals surface area contributed by atoms with Crippen molar-refractivity contribution >= 4 is 18.9 Å². The molecule has 1 atom stereocenters. The predicted octanol–water partition coefficient (Wildman–Crippen LogP) is 1.61. The van der Waals surface area contributed by atoms with E-state index in [1.807, 2.05) is 0 Å². The summed E-state index contributed by atoms with van der Waals surface area (Å²) < 4.78 is 0. The third-order valence-electron chi connectivity index (χ3n) is 2.07. The van der Waals surface area contributed by atoms with Gasteiger partial charge in [0.1, 0.15) is 18.9 Å². The van der Waals surface area contributed by atoms with Crippen molar-refractivity contribution in [2.24, 2.45) is 0 Å². The van der Waals surface area contributed by atoms with Gasteiger partial charge in [0, 0.05) is 17.0 Å². The molecule has 3 nitrogen and oxygen atoms in total. The maximum absolute atomic E-state index is 10.6. The molecule has 0 aliphatic rings. The Morgan fingerprint density at radius 2 is 1.86 bits per heavy atom. The maximum Gasteiger partial charge on any atom is 0.150 e. The zero-order chi connectivity index (χ0) is 10.6. The fourth-order valence-electron chi connectivity index (χ4n) is 1.24. The smallest absolute Gasteiger partial charge is 0.150 e. The first-order valence-corrected chi connectivity index (χ1v) is 4.22. The quantitative estimate of drug-likeness (QED) is 0.678. The highest BCUT2D eigenvalue weighted by atomic mass is 16.1. The Morgan fingerprint density at radius 1 is 1.14 bits per heavy atom. The van der Waals surface area contributed by atoms with Crippen LogP contribution in [-0.2, 0) is 4.79 Å². The average Bonchev–Trinajstić information content (AvgIpc) is 2.27. The molecule has 1 unspecified atom stereocenters. The van der Waals surface area contributed by atoms with Crippen LogP contribution in [0.1, 0.15) is 39.1 Å². The summed E-state index contributed by atoms with van der Waals surface area (Å²) >= 11 is 0. The number of benzene rings is 1. The molecule has 0 heterocycles. The number of carbonyl (C=O) groups is 3. The number of aldehydes is 3. The molecule has 0 aliphatic carbocycles. The van der Waals surface area contributed by atoms with E-state index in [1.165, 1.54) is 0 Å². The standard InChI is InChI=1S/C11H10O3/c1-8(5-12)11-4-9(6-13)2-3-10(11)7-14/h2-8H,1H3. The van der Waals surface area contributed by atoms with Gasteiger partial charge < -0.3 is 4.79 Å². The first-order valence-electron chi connectivity index (χ1n) is 4.22. The Labute approximate surface area is 81.7 Å². The van der Waals surface area contributed by atoms with E-state index in [1.54, 1.807) is 25.1 Å². The van der Waals surface area contributed by atoms with Crippen molar-refractivity contribution in [3.63, 3.8) is 0 Å². The lowest BCUT2D eigenvalue weighted by atomic mass is 9.95. The predicted molar refractivity (Wildman–Crippen MR) is 51.7 cm³/mol. The first kappa shape index (κ1) is 10.3. The Kier molecular flexibility index (Phi) is 3.29. The van der Waals surface area contributed by atoms with Crippen LogP contribution in [0.4, 0.5) is 0 Å². The van der Waals surface area contributed by atoms with Gasteiger partial charge in [-0.15, -0.1) is 0 Å². The van der Waals surface area contributed by atoms with Crippen LogP contribution < -0.4 is 0 Å². The van der Waals surface area contributed by atoms with E-state index in [2.05, 4.69) is 0 Å². The molecule has 0 saturated carbocycles. The van der Waals surface area contributed by atoms with Crippen molar-refractivity contribution in [1.82, 2.24) is 0 Å². The van der Waals surface area contributed by atoms with Crippen LogP contribution in [0.2, 0.25) is 0 Å². The van der Waals surface area contributed by atoms with E-state index in [0.717, 1.165) is 6.29 Å². The summed E-state index contributed by atoms with van der Waals surface area (Å²) in [5.41, 5.74) is 1.52. The van der Waals surface area contributed by atoms with Gasteiger partial charge in [0.2, 0.25) is 0 Å². The molecule has 72 valence electrons. The second-order valence-electron chi connectivity index (χ2n) is 3.05. The topological polar surface area (TPSA) is 51.2 Å². The van der Waals surface area contributed by atoms with Crippen molar-refractivity contribution in [2.45, 2.75) is 12.8 Å². The minimum atomic E-state index is -0.366. The van der Waals surface area contributed by atoms with Crippen LogP contribution in [0.3, 0.4) is 0 Å². The van der Waals surface area contributed by atoms with Gasteiger partial charge >= 0.3 is 0 Å². The number of carbonyl (C=O) groups excluding carboxylic acids is 3. The van der Waals surface area contributed by atoms with Gasteiger partial charge in [-0.3, -0.25) is 9.59 Å². The fourth-order valence-corrected chi connectivity index (χ4v) is 1.24. The Morgan fingerprint density at radius 3 is 2.36 bits per heavy atom. The lowest BCUT2D eigenvalue weighted by Crippen LogP contribution is -2.01. The van der Waals surface area contributed by atoms with Crippen LogP contribution in [0, 0.1) is 0 Å². The highest BCUT2D eigenvalue weighted by molar-refractivity contribution is 5.84. The highest BCUT2D eigenvalue weighted by Crippen LogP contribution is 2.18. The van der Waals surface area contributed by atoms with Crippen LogP contribution in [0.5, 0.6) is 0 Å². The summed E-state index contributed by atoms with van der Waals surface area (Å²) in [6.45, 7) is 1.68. The largest absolute Gasteiger partial charge is 0.303 e. The summed E-state index contributed by atoms with van der Waals surface area (Å²) in [6.07, 6.45) is 2.12. The normalized spacial score (nSPS) is 11.8. The van der Waals surface area contributed by atoms with Gasteiger partial charge in [0.05, 0.1) is 0 Å². The highest BCUT2D eigenvalue weighted by Gasteiger charge is 2.09. The molecule has 0 fully saturated rings. The molecule has 0 radical (unpaired) electrons. The average molecular weight is 190 g/mol. The molecule has 1 aromatic carbocycles. The summed E-state index contributed by atoms with van der Waals surface area (Å²) in [5.74, 6) is -0.366. The molecule has 1 aromatic rings. The van der Waals surface area contributed by atoms with Gasteiger partial charge in [0.15, 0.2) is 0 Å². The zero-order valence-corrected chi connectivity index (χ0v) is 7.77. The van der Waals surface area contributed by atoms with Crippen molar-refractivity contribution in [1.29, 1.82) is 0 Å². The molecular formula is C11H10O3.